The molecule has 0 spiro atoms. The summed E-state index contributed by atoms with van der Waals surface area (Å²) in [6.45, 7) is 7.03. The zero-order chi connectivity index (χ0) is 13.2. The summed E-state index contributed by atoms with van der Waals surface area (Å²) in [5.41, 5.74) is 2.18. The highest BCUT2D eigenvalue weighted by molar-refractivity contribution is 5.97. The maximum absolute atomic E-state index is 12.7. The van der Waals surface area contributed by atoms with Crippen molar-refractivity contribution in [3.8, 4) is 0 Å². The highest BCUT2D eigenvalue weighted by Crippen LogP contribution is 2.31. The number of carbonyl (C=O) groups excluding carboxylic acids is 1. The summed E-state index contributed by atoms with van der Waals surface area (Å²) >= 11 is 0. The fourth-order valence-corrected chi connectivity index (χ4v) is 2.42. The minimum atomic E-state index is -0.266. The topological polar surface area (TPSA) is 20.3 Å². The monoisotopic (exact) mass is 245 g/mol. The Labute approximate surface area is 110 Å². The van der Waals surface area contributed by atoms with Gasteiger partial charge in [-0.15, -0.1) is 0 Å². The molecule has 1 aromatic rings. The Morgan fingerprint density at radius 3 is 2.72 bits per heavy atom. The summed E-state index contributed by atoms with van der Waals surface area (Å²) in [6, 6.07) is 8.34. The average molecular weight is 245 g/mol. The van der Waals surface area contributed by atoms with Crippen molar-refractivity contribution in [2.45, 2.75) is 46.5 Å². The van der Waals surface area contributed by atoms with Crippen molar-refractivity contribution in [2.24, 2.45) is 5.41 Å². The number of anilines is 1. The van der Waals surface area contributed by atoms with Gasteiger partial charge in [-0.05, 0) is 37.3 Å². The third kappa shape index (κ3) is 2.43. The van der Waals surface area contributed by atoms with Crippen LogP contribution in [0.15, 0.2) is 24.3 Å². The molecule has 2 nitrogen and oxygen atoms in total. The third-order valence-corrected chi connectivity index (χ3v) is 4.07. The smallest absolute Gasteiger partial charge is 0.232 e. The normalized spacial score (nSPS) is 16.1. The van der Waals surface area contributed by atoms with E-state index < -0.39 is 0 Å². The second-order valence-electron chi connectivity index (χ2n) is 5.78. The van der Waals surface area contributed by atoms with Gasteiger partial charge in [-0.2, -0.15) is 0 Å². The quantitative estimate of drug-likeness (QED) is 0.776. The van der Waals surface area contributed by atoms with Gasteiger partial charge in [0.2, 0.25) is 5.91 Å². The molecule has 0 fully saturated rings. The molecule has 98 valence electrons. The minimum Gasteiger partial charge on any atom is -0.312 e. The number of benzene rings is 1. The number of rotatable bonds is 2. The van der Waals surface area contributed by atoms with Crippen molar-refractivity contribution >= 4 is 11.6 Å². The molecule has 0 saturated carbocycles. The number of hydrogen-bond donors (Lipinski definition) is 0. The highest BCUT2D eigenvalue weighted by Gasteiger charge is 2.32. The minimum absolute atomic E-state index is 0.263. The summed E-state index contributed by atoms with van der Waals surface area (Å²) in [6.07, 6.45) is 4.24. The molecule has 0 aliphatic carbocycles. The van der Waals surface area contributed by atoms with E-state index in [1.54, 1.807) is 0 Å². The lowest BCUT2D eigenvalue weighted by molar-refractivity contribution is -0.126. The molecule has 2 rings (SSSR count). The largest absolute Gasteiger partial charge is 0.312 e. The molecule has 1 heterocycles. The Bertz CT molecular complexity index is 436. The first-order valence-corrected chi connectivity index (χ1v) is 6.96. The van der Waals surface area contributed by atoms with Gasteiger partial charge in [0.15, 0.2) is 0 Å². The van der Waals surface area contributed by atoms with Gasteiger partial charge in [0.25, 0.3) is 0 Å². The second-order valence-corrected chi connectivity index (χ2v) is 5.78. The van der Waals surface area contributed by atoms with E-state index in [-0.39, 0.29) is 11.3 Å². The first-order chi connectivity index (χ1) is 8.56. The van der Waals surface area contributed by atoms with Crippen molar-refractivity contribution in [1.82, 2.24) is 0 Å². The number of fused-ring (bicyclic) bond motifs is 1. The van der Waals surface area contributed by atoms with Crippen LogP contribution in [0, 0.1) is 5.41 Å². The predicted molar refractivity (Wildman–Crippen MR) is 75.8 cm³/mol. The zero-order valence-corrected chi connectivity index (χ0v) is 11.7. The summed E-state index contributed by atoms with van der Waals surface area (Å²) in [7, 11) is 0. The van der Waals surface area contributed by atoms with Crippen LogP contribution < -0.4 is 4.90 Å². The fourth-order valence-electron chi connectivity index (χ4n) is 2.42. The number of para-hydroxylation sites is 1. The van der Waals surface area contributed by atoms with E-state index in [4.69, 9.17) is 0 Å². The molecule has 2 heteroatoms. The first kappa shape index (κ1) is 13.1. The third-order valence-electron chi connectivity index (χ3n) is 4.07. The molecular formula is C16H23NO. The van der Waals surface area contributed by atoms with E-state index in [0.717, 1.165) is 31.5 Å². The molecule has 0 atom stereocenters. The molecule has 0 saturated heterocycles. The molecule has 0 aromatic heterocycles. The van der Waals surface area contributed by atoms with Gasteiger partial charge in [-0.25, -0.2) is 0 Å². The molecule has 1 amide bonds. The molecule has 1 aliphatic rings. The van der Waals surface area contributed by atoms with E-state index >= 15 is 0 Å². The van der Waals surface area contributed by atoms with Crippen LogP contribution in [0.4, 0.5) is 5.69 Å². The predicted octanol–water partition coefficient (Wildman–Crippen LogP) is 3.79. The van der Waals surface area contributed by atoms with Crippen LogP contribution in [-0.2, 0) is 11.2 Å². The lowest BCUT2D eigenvalue weighted by Gasteiger charge is -2.31. The first-order valence-electron chi connectivity index (χ1n) is 6.96. The van der Waals surface area contributed by atoms with Crippen molar-refractivity contribution in [3.63, 3.8) is 0 Å². The maximum Gasteiger partial charge on any atom is 0.232 e. The molecule has 0 radical (unpaired) electrons. The van der Waals surface area contributed by atoms with E-state index in [9.17, 15) is 4.79 Å². The van der Waals surface area contributed by atoms with Gasteiger partial charge < -0.3 is 4.90 Å². The molecular weight excluding hydrogens is 222 g/mol. The number of aryl methyl sites for hydroxylation is 1. The van der Waals surface area contributed by atoms with E-state index in [1.807, 2.05) is 24.8 Å². The van der Waals surface area contributed by atoms with Crippen LogP contribution >= 0.6 is 0 Å². The van der Waals surface area contributed by atoms with Gasteiger partial charge >= 0.3 is 0 Å². The van der Waals surface area contributed by atoms with Gasteiger partial charge in [0.1, 0.15) is 0 Å². The summed E-state index contributed by atoms with van der Waals surface area (Å²) < 4.78 is 0. The lowest BCUT2D eigenvalue weighted by Crippen LogP contribution is -2.41. The summed E-state index contributed by atoms with van der Waals surface area (Å²) in [5.74, 6) is 0.263. The molecule has 0 bridgehead atoms. The summed E-state index contributed by atoms with van der Waals surface area (Å²) in [4.78, 5) is 14.7. The molecule has 0 unspecified atom stereocenters. The number of amides is 1. The number of nitrogens with zero attached hydrogens (tertiary/aromatic N) is 1. The van der Waals surface area contributed by atoms with Crippen LogP contribution in [0.3, 0.4) is 0 Å². The number of carbonyl (C=O) groups is 1. The molecule has 18 heavy (non-hydrogen) atoms. The second kappa shape index (κ2) is 5.13. The van der Waals surface area contributed by atoms with Crippen molar-refractivity contribution in [3.05, 3.63) is 29.8 Å². The van der Waals surface area contributed by atoms with Crippen LogP contribution in [0.5, 0.6) is 0 Å². The molecule has 1 aliphatic heterocycles. The lowest BCUT2D eigenvalue weighted by atomic mass is 9.88. The van der Waals surface area contributed by atoms with Crippen molar-refractivity contribution < 1.29 is 4.79 Å². The van der Waals surface area contributed by atoms with Gasteiger partial charge in [-0.1, -0.05) is 39.0 Å². The van der Waals surface area contributed by atoms with Crippen molar-refractivity contribution in [1.29, 1.82) is 0 Å². The van der Waals surface area contributed by atoms with E-state index in [2.05, 4.69) is 25.1 Å². The van der Waals surface area contributed by atoms with E-state index in [0.29, 0.717) is 0 Å². The van der Waals surface area contributed by atoms with Gasteiger partial charge in [-0.3, -0.25) is 4.79 Å². The molecule has 0 N–H and O–H groups in total. The highest BCUT2D eigenvalue weighted by atomic mass is 16.2. The average Bonchev–Trinajstić information content (AvgIpc) is 2.60. The van der Waals surface area contributed by atoms with Gasteiger partial charge in [0.05, 0.1) is 0 Å². The Hall–Kier alpha value is -1.31. The Balaban J connectivity index is 2.36. The SMILES string of the molecule is CCC(C)(C)C(=O)N1CCCCc2ccccc21. The van der Waals surface area contributed by atoms with Crippen LogP contribution in [0.2, 0.25) is 0 Å². The van der Waals surface area contributed by atoms with Crippen LogP contribution in [0.1, 0.15) is 45.6 Å². The molecule has 1 aromatic carbocycles. The Morgan fingerprint density at radius 2 is 2.00 bits per heavy atom. The zero-order valence-electron chi connectivity index (χ0n) is 11.7. The van der Waals surface area contributed by atoms with E-state index in [1.165, 1.54) is 12.0 Å². The van der Waals surface area contributed by atoms with Gasteiger partial charge in [0, 0.05) is 17.6 Å². The Kier molecular flexibility index (Phi) is 3.74. The van der Waals surface area contributed by atoms with Crippen molar-refractivity contribution in [2.75, 3.05) is 11.4 Å². The van der Waals surface area contributed by atoms with Crippen LogP contribution in [0.25, 0.3) is 0 Å². The number of hydrogen-bond acceptors (Lipinski definition) is 1. The summed E-state index contributed by atoms with van der Waals surface area (Å²) in [5, 5.41) is 0. The standard InChI is InChI=1S/C16H23NO/c1-4-16(2,3)15(18)17-12-8-7-10-13-9-5-6-11-14(13)17/h5-6,9,11H,4,7-8,10,12H2,1-3H3. The Morgan fingerprint density at radius 1 is 1.28 bits per heavy atom. The van der Waals surface area contributed by atoms with Crippen LogP contribution in [-0.4, -0.2) is 12.5 Å². The fraction of sp³-hybridized carbons (Fsp3) is 0.562. The maximum atomic E-state index is 12.7.